The number of halogens is 2. The van der Waals surface area contributed by atoms with Crippen molar-refractivity contribution in [2.75, 3.05) is 6.54 Å². The number of carbonyl (C=O) groups is 2. The first-order valence-electron chi connectivity index (χ1n) is 9.59. The molecule has 1 aromatic heterocycles. The fraction of sp³-hybridized carbons (Fsp3) is 0.381. The van der Waals surface area contributed by atoms with Gasteiger partial charge < -0.3 is 10.4 Å². The smallest absolute Gasteiger partial charge is 0.408 e. The van der Waals surface area contributed by atoms with Crippen molar-refractivity contribution in [3.05, 3.63) is 65.2 Å². The molecule has 0 radical (unpaired) electrons. The Balaban J connectivity index is 1.62. The quantitative estimate of drug-likeness (QED) is 0.753. The third-order valence-corrected chi connectivity index (χ3v) is 5.43. The minimum atomic E-state index is -1.40. The van der Waals surface area contributed by atoms with Gasteiger partial charge in [0.1, 0.15) is 12.2 Å². The maximum atomic E-state index is 14.5. The summed E-state index contributed by atoms with van der Waals surface area (Å²) in [5.74, 6) is -0.989. The summed E-state index contributed by atoms with van der Waals surface area (Å²) in [5, 5.41) is 12.0. The van der Waals surface area contributed by atoms with Gasteiger partial charge in [0.05, 0.1) is 18.3 Å². The van der Waals surface area contributed by atoms with E-state index in [0.717, 1.165) is 17.7 Å². The number of carbonyl (C=O) groups excluding carboxylic acids is 1. The molecule has 2 aromatic rings. The van der Waals surface area contributed by atoms with Crippen LogP contribution in [0, 0.1) is 5.95 Å². The summed E-state index contributed by atoms with van der Waals surface area (Å²) in [6, 6.07) is 10.3. The first-order chi connectivity index (χ1) is 13.9. The lowest BCUT2D eigenvalue weighted by molar-refractivity contribution is -0.125. The molecule has 3 atom stereocenters. The predicted octanol–water partition coefficient (Wildman–Crippen LogP) is 3.39. The number of hydrogen-bond acceptors (Lipinski definition) is 3. The summed E-state index contributed by atoms with van der Waals surface area (Å²) < 4.78 is 28.3. The number of rotatable bonds is 5. The molecule has 2 fully saturated rings. The molecule has 2 aliphatic rings. The Hall–Kier alpha value is -3.03. The van der Waals surface area contributed by atoms with Gasteiger partial charge in [-0.15, -0.1) is 0 Å². The van der Waals surface area contributed by atoms with E-state index in [1.807, 2.05) is 6.07 Å². The number of aromatic nitrogens is 1. The van der Waals surface area contributed by atoms with E-state index in [4.69, 9.17) is 0 Å². The first-order valence-corrected chi connectivity index (χ1v) is 9.59. The van der Waals surface area contributed by atoms with Crippen LogP contribution in [0.4, 0.5) is 13.6 Å². The number of likely N-dealkylation sites (tertiary alicyclic amines) is 1. The maximum absolute atomic E-state index is 14.5. The van der Waals surface area contributed by atoms with Gasteiger partial charge in [0.2, 0.25) is 11.9 Å². The molecule has 2 heterocycles. The zero-order valence-electron chi connectivity index (χ0n) is 15.6. The van der Waals surface area contributed by atoms with E-state index >= 15 is 0 Å². The topological polar surface area (TPSA) is 82.5 Å². The minimum Gasteiger partial charge on any atom is -0.465 e. The van der Waals surface area contributed by atoms with Crippen molar-refractivity contribution in [2.45, 2.75) is 43.4 Å². The normalized spacial score (nSPS) is 22.3. The van der Waals surface area contributed by atoms with Crippen LogP contribution in [0.3, 0.4) is 0 Å². The van der Waals surface area contributed by atoms with E-state index in [1.54, 1.807) is 36.4 Å². The van der Waals surface area contributed by atoms with Gasteiger partial charge in [0.25, 0.3) is 0 Å². The Morgan fingerprint density at radius 2 is 1.90 bits per heavy atom. The molecule has 152 valence electrons. The number of amides is 2. The van der Waals surface area contributed by atoms with Crippen molar-refractivity contribution in [3.8, 4) is 0 Å². The van der Waals surface area contributed by atoms with E-state index in [-0.39, 0.29) is 18.9 Å². The second-order valence-electron chi connectivity index (χ2n) is 7.53. The van der Waals surface area contributed by atoms with E-state index in [0.29, 0.717) is 16.8 Å². The molecular formula is C21H21F2N3O3. The molecule has 29 heavy (non-hydrogen) atoms. The summed E-state index contributed by atoms with van der Waals surface area (Å²) in [7, 11) is 0. The lowest BCUT2D eigenvalue weighted by Crippen LogP contribution is -2.46. The summed E-state index contributed by atoms with van der Waals surface area (Å²) >= 11 is 0. The summed E-state index contributed by atoms with van der Waals surface area (Å²) in [5.41, 5.74) is 1.55. The highest BCUT2D eigenvalue weighted by Gasteiger charge is 2.41. The molecule has 1 aliphatic carbocycles. The van der Waals surface area contributed by atoms with E-state index < -0.39 is 36.2 Å². The van der Waals surface area contributed by atoms with Crippen molar-refractivity contribution in [3.63, 3.8) is 0 Å². The van der Waals surface area contributed by atoms with Crippen LogP contribution in [-0.2, 0) is 4.79 Å². The van der Waals surface area contributed by atoms with Gasteiger partial charge in [0, 0.05) is 12.0 Å². The van der Waals surface area contributed by atoms with Gasteiger partial charge >= 0.3 is 6.09 Å². The Labute approximate surface area is 166 Å². The molecule has 2 amide bonds. The molecule has 2 N–H and O–H groups in total. The van der Waals surface area contributed by atoms with Crippen molar-refractivity contribution in [1.82, 2.24) is 15.2 Å². The molecule has 1 saturated carbocycles. The summed E-state index contributed by atoms with van der Waals surface area (Å²) in [6.07, 6.45) is -1.07. The first kappa shape index (κ1) is 19.3. The number of benzene rings is 1. The third-order valence-electron chi connectivity index (χ3n) is 5.43. The molecule has 8 heteroatoms. The largest absolute Gasteiger partial charge is 0.465 e. The van der Waals surface area contributed by atoms with Crippen LogP contribution >= 0.6 is 0 Å². The summed E-state index contributed by atoms with van der Waals surface area (Å²) in [6.45, 7) is -0.341. The number of nitrogens with zero attached hydrogens (tertiary/aromatic N) is 2. The molecule has 1 aromatic carbocycles. The van der Waals surface area contributed by atoms with Gasteiger partial charge in [-0.05, 0) is 30.4 Å². The fourth-order valence-electron chi connectivity index (χ4n) is 3.78. The predicted molar refractivity (Wildman–Crippen MR) is 101 cm³/mol. The average molecular weight is 401 g/mol. The maximum Gasteiger partial charge on any atom is 0.408 e. The molecule has 0 spiro atoms. The van der Waals surface area contributed by atoms with Crippen LogP contribution in [0.1, 0.15) is 48.0 Å². The van der Waals surface area contributed by atoms with Crippen LogP contribution in [0.2, 0.25) is 0 Å². The highest BCUT2D eigenvalue weighted by Crippen LogP contribution is 2.41. The zero-order chi connectivity index (χ0) is 20.5. The van der Waals surface area contributed by atoms with Crippen LogP contribution in [0.15, 0.2) is 42.5 Å². The molecule has 4 rings (SSSR count). The van der Waals surface area contributed by atoms with E-state index in [9.17, 15) is 23.5 Å². The Kier molecular flexibility index (Phi) is 5.17. The Morgan fingerprint density at radius 3 is 2.52 bits per heavy atom. The number of pyridine rings is 1. The minimum absolute atomic E-state index is 0.199. The Bertz CT molecular complexity index is 921. The molecular weight excluding hydrogens is 380 g/mol. The lowest BCUT2D eigenvalue weighted by Gasteiger charge is -2.25. The SMILES string of the molecule is O=C(N[C@@H](c1ccccc1)c1ccc(C2CC2)c(F)n1)C1CC(F)CN1C(=O)O. The Morgan fingerprint density at radius 1 is 1.17 bits per heavy atom. The van der Waals surface area contributed by atoms with Crippen molar-refractivity contribution < 1.29 is 23.5 Å². The van der Waals surface area contributed by atoms with Crippen LogP contribution in [0.25, 0.3) is 0 Å². The van der Waals surface area contributed by atoms with Crippen molar-refractivity contribution in [2.24, 2.45) is 0 Å². The molecule has 0 bridgehead atoms. The molecule has 1 saturated heterocycles. The monoisotopic (exact) mass is 401 g/mol. The highest BCUT2D eigenvalue weighted by atomic mass is 19.1. The molecule has 1 aliphatic heterocycles. The fourth-order valence-corrected chi connectivity index (χ4v) is 3.78. The van der Waals surface area contributed by atoms with Crippen LogP contribution in [-0.4, -0.2) is 45.7 Å². The standard InChI is InChI=1S/C21H21F2N3O3/c22-14-10-17(26(11-14)21(28)29)20(27)25-18(13-4-2-1-3-5-13)16-9-8-15(12-6-7-12)19(23)24-16/h1-5,8-9,12,14,17-18H,6-7,10-11H2,(H,25,27)(H,28,29)/t14?,17?,18-/m0/s1. The molecule has 6 nitrogen and oxygen atoms in total. The third kappa shape index (κ3) is 4.06. The van der Waals surface area contributed by atoms with Gasteiger partial charge in [-0.1, -0.05) is 36.4 Å². The summed E-state index contributed by atoms with van der Waals surface area (Å²) in [4.78, 5) is 29.1. The van der Waals surface area contributed by atoms with Gasteiger partial charge in [-0.25, -0.2) is 14.2 Å². The second kappa shape index (κ2) is 7.77. The highest BCUT2D eigenvalue weighted by molar-refractivity contribution is 5.86. The number of alkyl halides is 1. The zero-order valence-corrected chi connectivity index (χ0v) is 15.6. The van der Waals surface area contributed by atoms with Gasteiger partial charge in [-0.3, -0.25) is 9.69 Å². The number of carboxylic acid groups (broad SMARTS) is 1. The average Bonchev–Trinajstić information content (AvgIpc) is 3.47. The molecule has 2 unspecified atom stereocenters. The van der Waals surface area contributed by atoms with Crippen LogP contribution < -0.4 is 5.32 Å². The van der Waals surface area contributed by atoms with Crippen molar-refractivity contribution >= 4 is 12.0 Å². The van der Waals surface area contributed by atoms with E-state index in [1.165, 1.54) is 0 Å². The number of hydrogen-bond donors (Lipinski definition) is 2. The lowest BCUT2D eigenvalue weighted by atomic mass is 10.0. The van der Waals surface area contributed by atoms with E-state index in [2.05, 4.69) is 10.3 Å². The van der Waals surface area contributed by atoms with Crippen LogP contribution in [0.5, 0.6) is 0 Å². The van der Waals surface area contributed by atoms with Crippen molar-refractivity contribution in [1.29, 1.82) is 0 Å². The second-order valence-corrected chi connectivity index (χ2v) is 7.53. The van der Waals surface area contributed by atoms with Gasteiger partial charge in [0.15, 0.2) is 0 Å². The number of nitrogens with one attached hydrogen (secondary N) is 1. The van der Waals surface area contributed by atoms with Gasteiger partial charge in [-0.2, -0.15) is 4.39 Å².